The van der Waals surface area contributed by atoms with Crippen LogP contribution >= 0.6 is 0 Å². The summed E-state index contributed by atoms with van der Waals surface area (Å²) < 4.78 is 38.3. The van der Waals surface area contributed by atoms with Crippen LogP contribution < -0.4 is 5.73 Å². The van der Waals surface area contributed by atoms with Crippen LogP contribution in [0.1, 0.15) is 24.4 Å². The molecule has 0 saturated carbocycles. The largest absolute Gasteiger partial charge is 0.324 e. The molecule has 0 amide bonds. The summed E-state index contributed by atoms with van der Waals surface area (Å²) in [4.78, 5) is 0. The van der Waals surface area contributed by atoms with Gasteiger partial charge in [-0.1, -0.05) is 6.08 Å². The number of allylic oxidation sites excluding steroid dienone is 1. The van der Waals surface area contributed by atoms with Crippen LogP contribution in [0.25, 0.3) is 0 Å². The van der Waals surface area contributed by atoms with Crippen LogP contribution in [-0.2, 0) is 0 Å². The molecular formula is C11H12F3N. The highest BCUT2D eigenvalue weighted by Gasteiger charge is 2.14. The first-order valence-corrected chi connectivity index (χ1v) is 4.57. The van der Waals surface area contributed by atoms with Crippen LogP contribution in [-0.4, -0.2) is 0 Å². The van der Waals surface area contributed by atoms with E-state index in [4.69, 9.17) is 5.73 Å². The minimum Gasteiger partial charge on any atom is -0.324 e. The van der Waals surface area contributed by atoms with E-state index in [-0.39, 0.29) is 5.56 Å². The molecule has 1 atom stereocenters. The molecule has 0 aliphatic rings. The Morgan fingerprint density at radius 3 is 2.27 bits per heavy atom. The highest BCUT2D eigenvalue weighted by Crippen LogP contribution is 2.20. The Morgan fingerprint density at radius 2 is 1.80 bits per heavy atom. The fourth-order valence-corrected chi connectivity index (χ4v) is 1.25. The molecule has 1 rings (SSSR count). The van der Waals surface area contributed by atoms with Gasteiger partial charge < -0.3 is 5.73 Å². The maximum atomic E-state index is 12.8. The quantitative estimate of drug-likeness (QED) is 0.606. The smallest absolute Gasteiger partial charge is 0.194 e. The normalized spacial score (nSPS) is 12.5. The van der Waals surface area contributed by atoms with E-state index in [1.54, 1.807) is 6.08 Å². The topological polar surface area (TPSA) is 26.0 Å². The van der Waals surface area contributed by atoms with Gasteiger partial charge in [0.25, 0.3) is 0 Å². The molecule has 2 N–H and O–H groups in total. The number of benzene rings is 1. The van der Waals surface area contributed by atoms with Gasteiger partial charge >= 0.3 is 0 Å². The predicted octanol–water partition coefficient (Wildman–Crippen LogP) is 3.07. The molecule has 0 aliphatic heterocycles. The molecule has 0 saturated heterocycles. The maximum absolute atomic E-state index is 12.8. The van der Waals surface area contributed by atoms with E-state index < -0.39 is 23.5 Å². The van der Waals surface area contributed by atoms with Gasteiger partial charge in [0.2, 0.25) is 0 Å². The SMILES string of the molecule is C=CCC[C@@H](N)c1cc(F)c(F)c(F)c1. The van der Waals surface area contributed by atoms with Gasteiger partial charge in [0.15, 0.2) is 17.5 Å². The molecule has 0 spiro atoms. The second-order valence-electron chi connectivity index (χ2n) is 3.27. The Kier molecular flexibility index (Phi) is 3.91. The second-order valence-corrected chi connectivity index (χ2v) is 3.27. The monoisotopic (exact) mass is 215 g/mol. The molecule has 0 radical (unpaired) electrons. The molecule has 0 heterocycles. The van der Waals surface area contributed by atoms with E-state index >= 15 is 0 Å². The molecule has 0 bridgehead atoms. The summed E-state index contributed by atoms with van der Waals surface area (Å²) in [6.07, 6.45) is 2.83. The molecule has 4 heteroatoms. The molecule has 0 fully saturated rings. The minimum absolute atomic E-state index is 0.258. The first-order valence-electron chi connectivity index (χ1n) is 4.57. The lowest BCUT2D eigenvalue weighted by Gasteiger charge is -2.11. The Balaban J connectivity index is 2.90. The van der Waals surface area contributed by atoms with Crippen molar-refractivity contribution in [2.24, 2.45) is 5.73 Å². The Morgan fingerprint density at radius 1 is 1.27 bits per heavy atom. The Bertz CT molecular complexity index is 340. The van der Waals surface area contributed by atoms with Crippen LogP contribution in [0.15, 0.2) is 24.8 Å². The molecule has 15 heavy (non-hydrogen) atoms. The summed E-state index contributed by atoms with van der Waals surface area (Å²) in [5.41, 5.74) is 5.92. The summed E-state index contributed by atoms with van der Waals surface area (Å²) in [7, 11) is 0. The standard InChI is InChI=1S/C11H12F3N/c1-2-3-4-10(15)7-5-8(12)11(14)9(13)6-7/h2,5-6,10H,1,3-4,15H2/t10-/m1/s1. The van der Waals surface area contributed by atoms with Gasteiger partial charge in [0.1, 0.15) is 0 Å². The Hall–Kier alpha value is -1.29. The van der Waals surface area contributed by atoms with Gasteiger partial charge in [-0.05, 0) is 30.5 Å². The molecule has 1 nitrogen and oxygen atoms in total. The summed E-state index contributed by atoms with van der Waals surface area (Å²) >= 11 is 0. The third-order valence-electron chi connectivity index (χ3n) is 2.12. The fourth-order valence-electron chi connectivity index (χ4n) is 1.25. The lowest BCUT2D eigenvalue weighted by Crippen LogP contribution is -2.11. The van der Waals surface area contributed by atoms with Gasteiger partial charge in [0, 0.05) is 6.04 Å². The molecule has 0 aliphatic carbocycles. The molecule has 1 aromatic carbocycles. The zero-order valence-electron chi connectivity index (χ0n) is 8.14. The lowest BCUT2D eigenvalue weighted by atomic mass is 10.0. The zero-order chi connectivity index (χ0) is 11.4. The summed E-state index contributed by atoms with van der Waals surface area (Å²) in [5.74, 6) is -3.88. The highest BCUT2D eigenvalue weighted by molar-refractivity contribution is 5.22. The third-order valence-corrected chi connectivity index (χ3v) is 2.12. The first-order chi connectivity index (χ1) is 7.06. The highest BCUT2D eigenvalue weighted by atomic mass is 19.2. The van der Waals surface area contributed by atoms with Crippen molar-refractivity contribution >= 4 is 0 Å². The van der Waals surface area contributed by atoms with E-state index in [1.807, 2.05) is 0 Å². The van der Waals surface area contributed by atoms with Crippen molar-refractivity contribution in [3.63, 3.8) is 0 Å². The molecule has 0 unspecified atom stereocenters. The molecular weight excluding hydrogens is 203 g/mol. The Labute approximate surface area is 86.4 Å². The number of nitrogens with two attached hydrogens (primary N) is 1. The minimum atomic E-state index is -1.46. The van der Waals surface area contributed by atoms with Crippen molar-refractivity contribution in [2.75, 3.05) is 0 Å². The summed E-state index contributed by atoms with van der Waals surface area (Å²) in [6.45, 7) is 3.51. The van der Waals surface area contributed by atoms with Crippen LogP contribution in [0.2, 0.25) is 0 Å². The van der Waals surface area contributed by atoms with Crippen molar-refractivity contribution < 1.29 is 13.2 Å². The molecule has 0 aromatic heterocycles. The van der Waals surface area contributed by atoms with Crippen LogP contribution in [0.4, 0.5) is 13.2 Å². The maximum Gasteiger partial charge on any atom is 0.194 e. The lowest BCUT2D eigenvalue weighted by molar-refractivity contribution is 0.443. The van der Waals surface area contributed by atoms with E-state index in [0.29, 0.717) is 12.8 Å². The third kappa shape index (κ3) is 2.83. The molecule has 1 aromatic rings. The van der Waals surface area contributed by atoms with Crippen molar-refractivity contribution in [1.29, 1.82) is 0 Å². The predicted molar refractivity (Wildman–Crippen MR) is 52.7 cm³/mol. The van der Waals surface area contributed by atoms with E-state index in [2.05, 4.69) is 6.58 Å². The zero-order valence-corrected chi connectivity index (χ0v) is 8.14. The van der Waals surface area contributed by atoms with Gasteiger partial charge in [0.05, 0.1) is 0 Å². The van der Waals surface area contributed by atoms with E-state index in [1.165, 1.54) is 0 Å². The van der Waals surface area contributed by atoms with E-state index in [9.17, 15) is 13.2 Å². The summed E-state index contributed by atoms with van der Waals surface area (Å²) in [5, 5.41) is 0. The molecule has 82 valence electrons. The number of hydrogen-bond acceptors (Lipinski definition) is 1. The van der Waals surface area contributed by atoms with Crippen LogP contribution in [0, 0.1) is 17.5 Å². The average molecular weight is 215 g/mol. The second kappa shape index (κ2) is 4.98. The van der Waals surface area contributed by atoms with E-state index in [0.717, 1.165) is 12.1 Å². The number of rotatable bonds is 4. The number of hydrogen-bond donors (Lipinski definition) is 1. The van der Waals surface area contributed by atoms with Crippen LogP contribution in [0.5, 0.6) is 0 Å². The van der Waals surface area contributed by atoms with Gasteiger partial charge in [-0.15, -0.1) is 6.58 Å². The average Bonchev–Trinajstić information content (AvgIpc) is 2.21. The fraction of sp³-hybridized carbons (Fsp3) is 0.273. The summed E-state index contributed by atoms with van der Waals surface area (Å²) in [6, 6.07) is 1.34. The van der Waals surface area contributed by atoms with Crippen molar-refractivity contribution in [3.8, 4) is 0 Å². The van der Waals surface area contributed by atoms with Gasteiger partial charge in [-0.2, -0.15) is 0 Å². The van der Waals surface area contributed by atoms with Crippen LogP contribution in [0.3, 0.4) is 0 Å². The van der Waals surface area contributed by atoms with Gasteiger partial charge in [-0.3, -0.25) is 0 Å². The van der Waals surface area contributed by atoms with Crippen molar-refractivity contribution in [3.05, 3.63) is 47.8 Å². The number of halogens is 3. The first kappa shape index (κ1) is 11.8. The van der Waals surface area contributed by atoms with Crippen molar-refractivity contribution in [1.82, 2.24) is 0 Å². The van der Waals surface area contributed by atoms with Gasteiger partial charge in [-0.25, -0.2) is 13.2 Å². The van der Waals surface area contributed by atoms with Crippen molar-refractivity contribution in [2.45, 2.75) is 18.9 Å².